The second-order valence-corrected chi connectivity index (χ2v) is 4.33. The van der Waals surface area contributed by atoms with Gasteiger partial charge in [-0.05, 0) is 34.0 Å². The Morgan fingerprint density at radius 2 is 2.17 bits per heavy atom. The van der Waals surface area contributed by atoms with Crippen molar-refractivity contribution in [3.8, 4) is 11.6 Å². The maximum absolute atomic E-state index is 11.4. The minimum atomic E-state index is -0.306. The van der Waals surface area contributed by atoms with Gasteiger partial charge in [0.15, 0.2) is 0 Å². The standard InChI is InChI=1S/C12H11BrN2O3/c13-10-11(17)14-7-15-12(10)18-9-4-2-1-3-8(9)5-6-16/h1-4,7,16H,5-6H2,(H,14,15,17). The highest BCUT2D eigenvalue weighted by Gasteiger charge is 2.10. The number of aromatic nitrogens is 2. The van der Waals surface area contributed by atoms with E-state index in [1.165, 1.54) is 6.33 Å². The Labute approximate surface area is 112 Å². The molecule has 2 rings (SSSR count). The summed E-state index contributed by atoms with van der Waals surface area (Å²) >= 11 is 3.12. The van der Waals surface area contributed by atoms with Gasteiger partial charge < -0.3 is 14.8 Å². The number of nitrogens with one attached hydrogen (secondary N) is 1. The summed E-state index contributed by atoms with van der Waals surface area (Å²) in [7, 11) is 0. The van der Waals surface area contributed by atoms with E-state index in [-0.39, 0.29) is 22.5 Å². The normalized spacial score (nSPS) is 10.3. The van der Waals surface area contributed by atoms with Gasteiger partial charge in [-0.3, -0.25) is 4.79 Å². The molecule has 6 heteroatoms. The van der Waals surface area contributed by atoms with Gasteiger partial charge in [0, 0.05) is 6.61 Å². The number of aliphatic hydroxyl groups is 1. The lowest BCUT2D eigenvalue weighted by Gasteiger charge is -2.09. The first-order chi connectivity index (χ1) is 8.72. The molecule has 0 aliphatic carbocycles. The van der Waals surface area contributed by atoms with E-state index in [1.807, 2.05) is 18.2 Å². The summed E-state index contributed by atoms with van der Waals surface area (Å²) in [6, 6.07) is 7.29. The molecule has 0 amide bonds. The molecule has 1 heterocycles. The number of benzene rings is 1. The Bertz CT molecular complexity index is 598. The van der Waals surface area contributed by atoms with Crippen molar-refractivity contribution >= 4 is 15.9 Å². The molecular formula is C12H11BrN2O3. The lowest BCUT2D eigenvalue weighted by molar-refractivity contribution is 0.297. The highest BCUT2D eigenvalue weighted by atomic mass is 79.9. The zero-order chi connectivity index (χ0) is 13.0. The molecule has 0 aliphatic rings. The van der Waals surface area contributed by atoms with E-state index < -0.39 is 0 Å². The van der Waals surface area contributed by atoms with Gasteiger partial charge in [0.05, 0.1) is 6.33 Å². The number of aliphatic hydroxyl groups excluding tert-OH is 1. The third-order valence-electron chi connectivity index (χ3n) is 2.32. The number of rotatable bonds is 4. The number of nitrogens with zero attached hydrogens (tertiary/aromatic N) is 1. The fourth-order valence-electron chi connectivity index (χ4n) is 1.47. The first kappa shape index (κ1) is 12.8. The molecule has 1 aromatic heterocycles. The molecule has 2 aromatic rings. The Morgan fingerprint density at radius 3 is 2.94 bits per heavy atom. The molecule has 0 saturated heterocycles. The predicted octanol–water partition coefficient (Wildman–Crippen LogP) is 1.86. The van der Waals surface area contributed by atoms with Crippen molar-refractivity contribution in [2.45, 2.75) is 6.42 Å². The van der Waals surface area contributed by atoms with Gasteiger partial charge in [0.25, 0.3) is 5.56 Å². The van der Waals surface area contributed by atoms with E-state index >= 15 is 0 Å². The maximum Gasteiger partial charge on any atom is 0.268 e. The number of H-pyrrole nitrogens is 1. The third-order valence-corrected chi connectivity index (χ3v) is 3.02. The minimum absolute atomic E-state index is 0.0321. The molecule has 0 saturated carbocycles. The van der Waals surface area contributed by atoms with Crippen LogP contribution in [0.5, 0.6) is 11.6 Å². The lowest BCUT2D eigenvalue weighted by Crippen LogP contribution is -2.08. The van der Waals surface area contributed by atoms with Gasteiger partial charge in [-0.2, -0.15) is 0 Å². The molecule has 18 heavy (non-hydrogen) atoms. The SMILES string of the molecule is O=c1[nH]cnc(Oc2ccccc2CCO)c1Br. The summed E-state index contributed by atoms with van der Waals surface area (Å²) in [6.45, 7) is 0.0321. The van der Waals surface area contributed by atoms with E-state index in [4.69, 9.17) is 9.84 Å². The molecule has 0 aliphatic heterocycles. The molecule has 0 radical (unpaired) electrons. The highest BCUT2D eigenvalue weighted by molar-refractivity contribution is 9.10. The van der Waals surface area contributed by atoms with Crippen molar-refractivity contribution in [2.24, 2.45) is 0 Å². The fraction of sp³-hybridized carbons (Fsp3) is 0.167. The van der Waals surface area contributed by atoms with Crippen LogP contribution in [0.1, 0.15) is 5.56 Å². The van der Waals surface area contributed by atoms with Crippen molar-refractivity contribution in [2.75, 3.05) is 6.61 Å². The highest BCUT2D eigenvalue weighted by Crippen LogP contribution is 2.27. The van der Waals surface area contributed by atoms with Gasteiger partial charge in [-0.25, -0.2) is 4.98 Å². The molecular weight excluding hydrogens is 300 g/mol. The molecule has 0 fully saturated rings. The second kappa shape index (κ2) is 5.79. The molecule has 5 nitrogen and oxygen atoms in total. The third kappa shape index (κ3) is 2.77. The molecule has 0 bridgehead atoms. The van der Waals surface area contributed by atoms with Crippen LogP contribution in [0.3, 0.4) is 0 Å². The first-order valence-electron chi connectivity index (χ1n) is 5.32. The molecule has 2 N–H and O–H groups in total. The van der Waals surface area contributed by atoms with Crippen LogP contribution in [-0.2, 0) is 6.42 Å². The van der Waals surface area contributed by atoms with Crippen LogP contribution in [0.2, 0.25) is 0 Å². The van der Waals surface area contributed by atoms with Crippen LogP contribution in [0.4, 0.5) is 0 Å². The van der Waals surface area contributed by atoms with Crippen LogP contribution in [0.15, 0.2) is 39.9 Å². The number of ether oxygens (including phenoxy) is 1. The first-order valence-corrected chi connectivity index (χ1v) is 6.11. The summed E-state index contributed by atoms with van der Waals surface area (Å²) < 4.78 is 5.82. The minimum Gasteiger partial charge on any atom is -0.437 e. The summed E-state index contributed by atoms with van der Waals surface area (Å²) in [5.74, 6) is 0.773. The number of hydrogen-bond donors (Lipinski definition) is 2. The summed E-state index contributed by atoms with van der Waals surface area (Å²) in [4.78, 5) is 17.8. The smallest absolute Gasteiger partial charge is 0.268 e. The summed E-state index contributed by atoms with van der Waals surface area (Å²) in [5.41, 5.74) is 0.550. The molecule has 0 atom stereocenters. The number of hydrogen-bond acceptors (Lipinski definition) is 4. The predicted molar refractivity (Wildman–Crippen MR) is 69.9 cm³/mol. The van der Waals surface area contributed by atoms with Gasteiger partial charge in [-0.15, -0.1) is 0 Å². The Hall–Kier alpha value is -1.66. The lowest BCUT2D eigenvalue weighted by atomic mass is 10.1. The topological polar surface area (TPSA) is 75.2 Å². The van der Waals surface area contributed by atoms with Crippen LogP contribution in [-0.4, -0.2) is 21.7 Å². The Morgan fingerprint density at radius 1 is 1.39 bits per heavy atom. The van der Waals surface area contributed by atoms with Gasteiger partial charge in [0.2, 0.25) is 5.88 Å². The van der Waals surface area contributed by atoms with Gasteiger partial charge in [0.1, 0.15) is 10.2 Å². The van der Waals surface area contributed by atoms with Crippen molar-refractivity contribution in [1.82, 2.24) is 9.97 Å². The van der Waals surface area contributed by atoms with E-state index in [0.29, 0.717) is 12.2 Å². The van der Waals surface area contributed by atoms with Crippen LogP contribution in [0, 0.1) is 0 Å². The number of aromatic amines is 1. The maximum atomic E-state index is 11.4. The zero-order valence-corrected chi connectivity index (χ0v) is 11.0. The molecule has 1 aromatic carbocycles. The average molecular weight is 311 g/mol. The number of para-hydroxylation sites is 1. The van der Waals surface area contributed by atoms with Crippen molar-refractivity contribution in [3.05, 3.63) is 51.0 Å². The van der Waals surface area contributed by atoms with E-state index in [2.05, 4.69) is 25.9 Å². The van der Waals surface area contributed by atoms with E-state index in [9.17, 15) is 4.79 Å². The van der Waals surface area contributed by atoms with Crippen LogP contribution < -0.4 is 10.3 Å². The summed E-state index contributed by atoms with van der Waals surface area (Å²) in [6.07, 6.45) is 1.76. The van der Waals surface area contributed by atoms with Gasteiger partial charge >= 0.3 is 0 Å². The Kier molecular flexibility index (Phi) is 4.11. The summed E-state index contributed by atoms with van der Waals surface area (Å²) in [5, 5.41) is 8.97. The monoisotopic (exact) mass is 310 g/mol. The van der Waals surface area contributed by atoms with Crippen molar-refractivity contribution in [3.63, 3.8) is 0 Å². The average Bonchev–Trinajstić information content (AvgIpc) is 2.37. The number of halogens is 1. The quantitative estimate of drug-likeness (QED) is 0.904. The van der Waals surface area contributed by atoms with Crippen LogP contribution in [0.25, 0.3) is 0 Å². The van der Waals surface area contributed by atoms with Crippen molar-refractivity contribution in [1.29, 1.82) is 0 Å². The Balaban J connectivity index is 2.34. The molecule has 0 spiro atoms. The van der Waals surface area contributed by atoms with Gasteiger partial charge in [-0.1, -0.05) is 18.2 Å². The van der Waals surface area contributed by atoms with Crippen molar-refractivity contribution < 1.29 is 9.84 Å². The zero-order valence-electron chi connectivity index (χ0n) is 9.39. The molecule has 0 unspecified atom stereocenters. The van der Waals surface area contributed by atoms with Crippen LogP contribution >= 0.6 is 15.9 Å². The van der Waals surface area contributed by atoms with E-state index in [1.54, 1.807) is 6.07 Å². The molecule has 94 valence electrons. The fourth-order valence-corrected chi connectivity index (χ4v) is 1.77. The second-order valence-electron chi connectivity index (χ2n) is 3.53. The van der Waals surface area contributed by atoms with E-state index in [0.717, 1.165) is 5.56 Å². The largest absolute Gasteiger partial charge is 0.437 e.